The normalized spacial score (nSPS) is 15.9. The SMILES string of the molecule is O=C(NCC1(c2ccccc2)CCCC1)c1ccccc1N([O-])O. The third-order valence-electron chi connectivity index (χ3n) is 4.89. The number of anilines is 1. The molecule has 0 aromatic heterocycles. The fourth-order valence-electron chi connectivity index (χ4n) is 3.59. The molecule has 5 nitrogen and oxygen atoms in total. The van der Waals surface area contributed by atoms with Crippen LogP contribution in [0.2, 0.25) is 0 Å². The fourth-order valence-corrected chi connectivity index (χ4v) is 3.59. The Hall–Kier alpha value is -2.37. The number of hydrogen-bond acceptors (Lipinski definition) is 4. The Morgan fingerprint density at radius 1 is 1.08 bits per heavy atom. The highest BCUT2D eigenvalue weighted by Crippen LogP contribution is 2.40. The second-order valence-corrected chi connectivity index (χ2v) is 6.33. The van der Waals surface area contributed by atoms with E-state index in [-0.39, 0.29) is 27.8 Å². The van der Waals surface area contributed by atoms with Gasteiger partial charge in [-0.25, -0.2) is 0 Å². The van der Waals surface area contributed by atoms with Crippen LogP contribution in [0.15, 0.2) is 54.6 Å². The molecule has 0 unspecified atom stereocenters. The van der Waals surface area contributed by atoms with E-state index in [4.69, 9.17) is 5.21 Å². The number of carbonyl (C=O) groups excluding carboxylic acids is 1. The molecule has 126 valence electrons. The van der Waals surface area contributed by atoms with Crippen LogP contribution in [0.4, 0.5) is 5.69 Å². The molecule has 0 atom stereocenters. The summed E-state index contributed by atoms with van der Waals surface area (Å²) in [6.07, 6.45) is 4.36. The predicted octanol–water partition coefficient (Wildman–Crippen LogP) is 3.62. The van der Waals surface area contributed by atoms with Crippen LogP contribution < -0.4 is 10.5 Å². The van der Waals surface area contributed by atoms with Crippen molar-refractivity contribution in [1.29, 1.82) is 0 Å². The molecule has 2 N–H and O–H groups in total. The van der Waals surface area contributed by atoms with Crippen LogP contribution >= 0.6 is 0 Å². The molecule has 5 heteroatoms. The average molecular weight is 325 g/mol. The predicted molar refractivity (Wildman–Crippen MR) is 93.0 cm³/mol. The van der Waals surface area contributed by atoms with Gasteiger partial charge in [-0.15, -0.1) is 0 Å². The summed E-state index contributed by atoms with van der Waals surface area (Å²) < 4.78 is 0. The van der Waals surface area contributed by atoms with Crippen LogP contribution in [0.25, 0.3) is 0 Å². The highest BCUT2D eigenvalue weighted by atomic mass is 16.8. The summed E-state index contributed by atoms with van der Waals surface area (Å²) in [7, 11) is 0. The maximum Gasteiger partial charge on any atom is 0.253 e. The van der Waals surface area contributed by atoms with Crippen LogP contribution in [0.3, 0.4) is 0 Å². The number of rotatable bonds is 5. The van der Waals surface area contributed by atoms with E-state index in [1.54, 1.807) is 12.1 Å². The second-order valence-electron chi connectivity index (χ2n) is 6.33. The molecule has 1 aliphatic carbocycles. The Bertz CT molecular complexity index is 695. The van der Waals surface area contributed by atoms with Crippen molar-refractivity contribution in [2.24, 2.45) is 0 Å². The van der Waals surface area contributed by atoms with E-state index < -0.39 is 0 Å². The van der Waals surface area contributed by atoms with Gasteiger partial charge in [-0.2, -0.15) is 0 Å². The van der Waals surface area contributed by atoms with Crippen molar-refractivity contribution in [2.75, 3.05) is 11.8 Å². The first-order valence-corrected chi connectivity index (χ1v) is 8.21. The van der Waals surface area contributed by atoms with Gasteiger partial charge in [-0.1, -0.05) is 55.3 Å². The van der Waals surface area contributed by atoms with E-state index in [0.29, 0.717) is 6.54 Å². The van der Waals surface area contributed by atoms with Gasteiger partial charge in [0.1, 0.15) is 0 Å². The maximum atomic E-state index is 12.5. The van der Waals surface area contributed by atoms with Gasteiger partial charge < -0.3 is 15.8 Å². The Balaban J connectivity index is 1.78. The summed E-state index contributed by atoms with van der Waals surface area (Å²) in [6, 6.07) is 16.5. The van der Waals surface area contributed by atoms with Gasteiger partial charge in [-0.05, 0) is 30.5 Å². The molecule has 1 aliphatic rings. The van der Waals surface area contributed by atoms with Gasteiger partial charge in [-0.3, -0.25) is 10.0 Å². The monoisotopic (exact) mass is 325 g/mol. The zero-order chi connectivity index (χ0) is 17.0. The molecule has 1 fully saturated rings. The van der Waals surface area contributed by atoms with E-state index in [1.807, 2.05) is 18.2 Å². The number of amides is 1. The summed E-state index contributed by atoms with van der Waals surface area (Å²) in [4.78, 5) is 12.5. The zero-order valence-corrected chi connectivity index (χ0v) is 13.4. The number of benzene rings is 2. The van der Waals surface area contributed by atoms with Gasteiger partial charge >= 0.3 is 0 Å². The van der Waals surface area contributed by atoms with E-state index >= 15 is 0 Å². The number of carbonyl (C=O) groups is 1. The second kappa shape index (κ2) is 7.03. The highest BCUT2D eigenvalue weighted by Gasteiger charge is 2.35. The first kappa shape index (κ1) is 16.5. The minimum Gasteiger partial charge on any atom is -0.733 e. The topological polar surface area (TPSA) is 75.6 Å². The number of para-hydroxylation sites is 1. The van der Waals surface area contributed by atoms with Crippen LogP contribution in [-0.2, 0) is 5.41 Å². The molecule has 0 radical (unpaired) electrons. The smallest absolute Gasteiger partial charge is 0.253 e. The van der Waals surface area contributed by atoms with E-state index in [9.17, 15) is 10.0 Å². The zero-order valence-electron chi connectivity index (χ0n) is 13.4. The van der Waals surface area contributed by atoms with Gasteiger partial charge in [0.2, 0.25) is 0 Å². The van der Waals surface area contributed by atoms with Crippen LogP contribution in [-0.4, -0.2) is 17.7 Å². The summed E-state index contributed by atoms with van der Waals surface area (Å²) >= 11 is 0. The summed E-state index contributed by atoms with van der Waals surface area (Å²) in [5.41, 5.74) is 1.32. The minimum absolute atomic E-state index is 0.0461. The summed E-state index contributed by atoms with van der Waals surface area (Å²) in [6.45, 7) is 0.522. The van der Waals surface area contributed by atoms with E-state index in [1.165, 1.54) is 17.7 Å². The molecule has 0 aliphatic heterocycles. The molecule has 0 spiro atoms. The Morgan fingerprint density at radius 2 is 1.71 bits per heavy atom. The Morgan fingerprint density at radius 3 is 2.38 bits per heavy atom. The molecule has 24 heavy (non-hydrogen) atoms. The third kappa shape index (κ3) is 3.27. The Labute approximate surface area is 141 Å². The molecule has 0 saturated heterocycles. The van der Waals surface area contributed by atoms with Crippen molar-refractivity contribution in [3.63, 3.8) is 0 Å². The van der Waals surface area contributed by atoms with Crippen LogP contribution in [0.1, 0.15) is 41.6 Å². The van der Waals surface area contributed by atoms with Gasteiger partial charge in [0.25, 0.3) is 5.91 Å². The fraction of sp³-hybridized carbons (Fsp3) is 0.316. The van der Waals surface area contributed by atoms with Crippen molar-refractivity contribution in [2.45, 2.75) is 31.1 Å². The minimum atomic E-state index is -0.345. The molecular formula is C19H21N2O3-. The highest BCUT2D eigenvalue weighted by molar-refractivity contribution is 5.99. The molecule has 1 saturated carbocycles. The molecule has 1 amide bonds. The Kier molecular flexibility index (Phi) is 4.83. The van der Waals surface area contributed by atoms with Gasteiger partial charge in [0.05, 0.1) is 11.3 Å². The molecule has 3 rings (SSSR count). The lowest BCUT2D eigenvalue weighted by Gasteiger charge is -2.30. The number of nitrogens with one attached hydrogen (secondary N) is 1. The quantitative estimate of drug-likeness (QED) is 0.823. The molecular weight excluding hydrogens is 304 g/mol. The molecule has 2 aromatic rings. The average Bonchev–Trinajstić information content (AvgIpc) is 3.10. The standard InChI is InChI=1S/C19H21N2O3/c22-18(16-10-4-5-11-17(16)21(23)24)20-14-19(12-6-7-13-19)15-8-2-1-3-9-15/h1-5,8-11,23H,6-7,12-14H2,(H,20,22)/q-1. The number of hydrogen-bond donors (Lipinski definition) is 2. The van der Waals surface area contributed by atoms with Crippen molar-refractivity contribution in [3.05, 3.63) is 70.9 Å². The summed E-state index contributed by atoms with van der Waals surface area (Å²) in [5, 5.41) is 23.1. The molecule has 0 heterocycles. The first-order chi connectivity index (χ1) is 11.6. The molecule has 2 aromatic carbocycles. The first-order valence-electron chi connectivity index (χ1n) is 8.21. The van der Waals surface area contributed by atoms with E-state index in [0.717, 1.165) is 25.7 Å². The van der Waals surface area contributed by atoms with Crippen LogP contribution in [0, 0.1) is 5.21 Å². The van der Waals surface area contributed by atoms with Gasteiger partial charge in [0.15, 0.2) is 0 Å². The maximum absolute atomic E-state index is 12.5. The lowest BCUT2D eigenvalue weighted by Crippen LogP contribution is -2.39. The lowest BCUT2D eigenvalue weighted by atomic mass is 9.79. The van der Waals surface area contributed by atoms with Crippen LogP contribution in [0.5, 0.6) is 0 Å². The van der Waals surface area contributed by atoms with Crippen molar-refractivity contribution in [3.8, 4) is 0 Å². The summed E-state index contributed by atoms with van der Waals surface area (Å²) in [5.74, 6) is -0.345. The van der Waals surface area contributed by atoms with Crippen molar-refractivity contribution < 1.29 is 10.0 Å². The molecule has 0 bridgehead atoms. The largest absolute Gasteiger partial charge is 0.733 e. The number of nitrogens with zero attached hydrogens (tertiary/aromatic N) is 1. The lowest BCUT2D eigenvalue weighted by molar-refractivity contribution is 0.0942. The third-order valence-corrected chi connectivity index (χ3v) is 4.89. The van der Waals surface area contributed by atoms with Crippen molar-refractivity contribution >= 4 is 11.6 Å². The van der Waals surface area contributed by atoms with E-state index in [2.05, 4.69) is 17.4 Å². The van der Waals surface area contributed by atoms with Gasteiger partial charge in [0, 0.05) is 12.0 Å². The van der Waals surface area contributed by atoms with Crippen molar-refractivity contribution in [1.82, 2.24) is 5.32 Å².